The summed E-state index contributed by atoms with van der Waals surface area (Å²) in [5.41, 5.74) is 21.5. The lowest BCUT2D eigenvalue weighted by Crippen LogP contribution is -2.10. The van der Waals surface area contributed by atoms with E-state index in [1.807, 2.05) is 12.1 Å². The second kappa shape index (κ2) is 12.3. The molecule has 0 fully saturated rings. The normalized spacial score (nSPS) is 11.9. The molecule has 12 rings (SSSR count). The molecule has 2 aliphatic rings. The quantitative estimate of drug-likeness (QED) is 0.171. The average molecular weight is 729 g/mol. The molecule has 0 saturated heterocycles. The minimum absolute atomic E-state index is 0.238. The predicted molar refractivity (Wildman–Crippen MR) is 235 cm³/mol. The van der Waals surface area contributed by atoms with Gasteiger partial charge in [0.15, 0.2) is 0 Å². The molecule has 10 aromatic rings. The Balaban J connectivity index is 0.990. The van der Waals surface area contributed by atoms with Crippen molar-refractivity contribution in [2.24, 2.45) is 0 Å². The number of fused-ring (bicyclic) bond motifs is 7. The molecule has 2 aliphatic carbocycles. The lowest BCUT2D eigenvalue weighted by Gasteiger charge is -2.28. The molecule has 57 heavy (non-hydrogen) atoms. The number of hydrogen-bond acceptors (Lipinski definition) is 1. The Morgan fingerprint density at radius 2 is 0.877 bits per heavy atom. The average Bonchev–Trinajstić information content (AvgIpc) is 3.54. The third kappa shape index (κ3) is 4.76. The molecule has 0 atom stereocenters. The van der Waals surface area contributed by atoms with Gasteiger partial charge in [0.1, 0.15) is 5.82 Å². The zero-order valence-electron chi connectivity index (χ0n) is 30.8. The molecule has 0 unspecified atom stereocenters. The Kier molecular flexibility index (Phi) is 6.84. The van der Waals surface area contributed by atoms with E-state index in [0.717, 1.165) is 50.3 Å². The monoisotopic (exact) mass is 728 g/mol. The summed E-state index contributed by atoms with van der Waals surface area (Å²) in [7, 11) is 0. The zero-order valence-corrected chi connectivity index (χ0v) is 30.8. The van der Waals surface area contributed by atoms with Gasteiger partial charge in [0.2, 0.25) is 0 Å². The summed E-state index contributed by atoms with van der Waals surface area (Å²) in [6.45, 7) is 0. The molecule has 3 heteroatoms. The maximum absolute atomic E-state index is 13.9. The molecule has 0 radical (unpaired) electrons. The van der Waals surface area contributed by atoms with Crippen molar-refractivity contribution < 1.29 is 4.39 Å². The molecule has 1 aromatic heterocycles. The van der Waals surface area contributed by atoms with Gasteiger partial charge < -0.3 is 9.47 Å². The van der Waals surface area contributed by atoms with Crippen molar-refractivity contribution in [2.75, 3.05) is 4.90 Å². The first-order chi connectivity index (χ1) is 28.2. The molecular weight excluding hydrogens is 696 g/mol. The Bertz CT molecular complexity index is 3210. The molecule has 266 valence electrons. The molecule has 9 aromatic carbocycles. The lowest BCUT2D eigenvalue weighted by atomic mass is 9.83. The van der Waals surface area contributed by atoms with E-state index >= 15 is 0 Å². The maximum Gasteiger partial charge on any atom is 0.123 e. The molecular formula is C54H33FN2. The van der Waals surface area contributed by atoms with Crippen LogP contribution in [0.25, 0.3) is 94.3 Å². The van der Waals surface area contributed by atoms with Crippen molar-refractivity contribution in [3.8, 4) is 72.4 Å². The van der Waals surface area contributed by atoms with Crippen molar-refractivity contribution in [3.63, 3.8) is 0 Å². The van der Waals surface area contributed by atoms with E-state index in [2.05, 4.69) is 185 Å². The standard InChI is InChI=1S/C54H33FN2/c55-36-23-27-39(28-24-36)57-51-19-7-6-13-43(51)49-32-35(22-31-52(49)57)34-20-25-38(26-21-34)56(37-10-2-1-3-11-37)40-29-30-42-46-16-9-17-47-48-18-8-15-45(54(48)50(42)33-40)41-12-4-5-14-44(41)53(46)47/h1-33H. The number of halogens is 1. The molecule has 0 aliphatic heterocycles. The van der Waals surface area contributed by atoms with Gasteiger partial charge in [-0.1, -0.05) is 121 Å². The number of aromatic nitrogens is 1. The molecule has 0 spiro atoms. The molecule has 6 bridgehead atoms. The van der Waals surface area contributed by atoms with E-state index < -0.39 is 0 Å². The molecule has 1 heterocycles. The van der Waals surface area contributed by atoms with E-state index in [9.17, 15) is 4.39 Å². The van der Waals surface area contributed by atoms with Crippen LogP contribution in [0.15, 0.2) is 200 Å². The van der Waals surface area contributed by atoms with Gasteiger partial charge in [0.05, 0.1) is 11.0 Å². The van der Waals surface area contributed by atoms with Gasteiger partial charge in [-0.05, 0) is 146 Å². The third-order valence-corrected chi connectivity index (χ3v) is 12.0. The van der Waals surface area contributed by atoms with Crippen molar-refractivity contribution in [3.05, 3.63) is 206 Å². The van der Waals surface area contributed by atoms with E-state index in [1.54, 1.807) is 0 Å². The van der Waals surface area contributed by atoms with Gasteiger partial charge in [-0.15, -0.1) is 0 Å². The lowest BCUT2D eigenvalue weighted by molar-refractivity contribution is 0.627. The minimum atomic E-state index is -0.238. The largest absolute Gasteiger partial charge is 0.310 e. The molecule has 0 amide bonds. The highest BCUT2D eigenvalue weighted by Crippen LogP contribution is 2.57. The van der Waals surface area contributed by atoms with Gasteiger partial charge in [0.25, 0.3) is 0 Å². The van der Waals surface area contributed by atoms with Crippen LogP contribution < -0.4 is 4.90 Å². The number of benzene rings is 9. The van der Waals surface area contributed by atoms with Gasteiger partial charge in [-0.2, -0.15) is 0 Å². The molecule has 2 nitrogen and oxygen atoms in total. The van der Waals surface area contributed by atoms with E-state index in [1.165, 1.54) is 73.2 Å². The fourth-order valence-corrected chi connectivity index (χ4v) is 9.48. The summed E-state index contributed by atoms with van der Waals surface area (Å²) in [6.07, 6.45) is 0. The van der Waals surface area contributed by atoms with Gasteiger partial charge in [-0.3, -0.25) is 0 Å². The summed E-state index contributed by atoms with van der Waals surface area (Å²) in [5.74, 6) is -0.238. The molecule has 0 saturated carbocycles. The highest BCUT2D eigenvalue weighted by atomic mass is 19.1. The predicted octanol–water partition coefficient (Wildman–Crippen LogP) is 15.0. The number of para-hydroxylation sites is 2. The summed E-state index contributed by atoms with van der Waals surface area (Å²) >= 11 is 0. The first-order valence-electron chi connectivity index (χ1n) is 19.5. The van der Waals surface area contributed by atoms with Crippen molar-refractivity contribution in [1.29, 1.82) is 0 Å². The highest BCUT2D eigenvalue weighted by Gasteiger charge is 2.31. The van der Waals surface area contributed by atoms with E-state index in [-0.39, 0.29) is 5.82 Å². The van der Waals surface area contributed by atoms with Crippen LogP contribution in [0.4, 0.5) is 21.5 Å². The highest BCUT2D eigenvalue weighted by molar-refractivity contribution is 6.15. The summed E-state index contributed by atoms with van der Waals surface area (Å²) in [6, 6.07) is 70.9. The first-order valence-corrected chi connectivity index (χ1v) is 19.5. The van der Waals surface area contributed by atoms with Crippen LogP contribution in [0.3, 0.4) is 0 Å². The Morgan fingerprint density at radius 3 is 1.63 bits per heavy atom. The van der Waals surface area contributed by atoms with E-state index in [0.29, 0.717) is 0 Å². The number of nitrogens with zero attached hydrogens (tertiary/aromatic N) is 2. The van der Waals surface area contributed by atoms with Crippen molar-refractivity contribution in [2.45, 2.75) is 0 Å². The van der Waals surface area contributed by atoms with Crippen LogP contribution in [0.5, 0.6) is 0 Å². The Labute approximate surface area is 330 Å². The molecule has 0 N–H and O–H groups in total. The van der Waals surface area contributed by atoms with Crippen LogP contribution in [0, 0.1) is 5.82 Å². The van der Waals surface area contributed by atoms with Crippen LogP contribution in [-0.4, -0.2) is 4.57 Å². The SMILES string of the molecule is Fc1ccc(-n2c3ccccc3c3cc(-c4ccc(N(c5ccccc5)c5ccc6c(c5)-c5c7cccc5-c5cccc-6c5-c5ccccc5-7)cc4)ccc32)cc1. The Hall–Kier alpha value is -7.49. The van der Waals surface area contributed by atoms with Crippen LogP contribution in [0.2, 0.25) is 0 Å². The summed E-state index contributed by atoms with van der Waals surface area (Å²) in [4.78, 5) is 2.37. The second-order valence-electron chi connectivity index (χ2n) is 15.0. The Morgan fingerprint density at radius 1 is 0.333 bits per heavy atom. The topological polar surface area (TPSA) is 8.17 Å². The minimum Gasteiger partial charge on any atom is -0.310 e. The third-order valence-electron chi connectivity index (χ3n) is 12.0. The van der Waals surface area contributed by atoms with Crippen molar-refractivity contribution in [1.82, 2.24) is 4.57 Å². The van der Waals surface area contributed by atoms with Gasteiger partial charge >= 0.3 is 0 Å². The number of hydrogen-bond donors (Lipinski definition) is 0. The second-order valence-corrected chi connectivity index (χ2v) is 15.0. The fraction of sp³-hybridized carbons (Fsp3) is 0. The number of rotatable bonds is 5. The van der Waals surface area contributed by atoms with Gasteiger partial charge in [-0.25, -0.2) is 4.39 Å². The first kappa shape index (κ1) is 31.8. The van der Waals surface area contributed by atoms with E-state index in [4.69, 9.17) is 0 Å². The smallest absolute Gasteiger partial charge is 0.123 e. The van der Waals surface area contributed by atoms with Crippen LogP contribution in [-0.2, 0) is 0 Å². The maximum atomic E-state index is 13.9. The van der Waals surface area contributed by atoms with Crippen LogP contribution >= 0.6 is 0 Å². The zero-order chi connectivity index (χ0) is 37.6. The van der Waals surface area contributed by atoms with Crippen LogP contribution in [0.1, 0.15) is 0 Å². The van der Waals surface area contributed by atoms with Crippen molar-refractivity contribution >= 4 is 38.9 Å². The number of anilines is 3. The fourth-order valence-electron chi connectivity index (χ4n) is 9.48. The van der Waals surface area contributed by atoms with Gasteiger partial charge in [0, 0.05) is 33.5 Å². The summed E-state index contributed by atoms with van der Waals surface area (Å²) in [5, 5.41) is 2.33. The summed E-state index contributed by atoms with van der Waals surface area (Å²) < 4.78 is 16.1.